The fourth-order valence-corrected chi connectivity index (χ4v) is 1.90. The predicted molar refractivity (Wildman–Crippen MR) is 79.0 cm³/mol. The number of ether oxygens (including phenoxy) is 1. The van der Waals surface area contributed by atoms with Crippen molar-refractivity contribution in [3.05, 3.63) is 34.9 Å². The molecule has 20 heavy (non-hydrogen) atoms. The highest BCUT2D eigenvalue weighted by Crippen LogP contribution is 2.19. The summed E-state index contributed by atoms with van der Waals surface area (Å²) in [6.45, 7) is 5.55. The monoisotopic (exact) mass is 337 g/mol. The second-order valence-corrected chi connectivity index (χ2v) is 6.31. The van der Waals surface area contributed by atoms with Gasteiger partial charge in [-0.15, -0.1) is 5.10 Å². The lowest BCUT2D eigenvalue weighted by atomic mass is 10.2. The Labute approximate surface area is 126 Å². The largest absolute Gasteiger partial charge is 0.459 e. The van der Waals surface area contributed by atoms with Gasteiger partial charge in [-0.25, -0.2) is 4.68 Å². The van der Waals surface area contributed by atoms with Gasteiger partial charge in [0.25, 0.3) is 0 Å². The first-order chi connectivity index (χ1) is 9.33. The normalized spacial score (nSPS) is 11.4. The smallest absolute Gasteiger partial charge is 0.328 e. The van der Waals surface area contributed by atoms with Crippen LogP contribution in [-0.2, 0) is 16.1 Å². The van der Waals surface area contributed by atoms with Gasteiger partial charge in [0, 0.05) is 10.0 Å². The third kappa shape index (κ3) is 4.16. The first-order valence-corrected chi connectivity index (χ1v) is 7.01. The van der Waals surface area contributed by atoms with Gasteiger partial charge in [-0.2, -0.15) is 0 Å². The van der Waals surface area contributed by atoms with E-state index in [4.69, 9.17) is 4.74 Å². The third-order valence-electron chi connectivity index (χ3n) is 2.39. The fraction of sp³-hybridized carbons (Fsp3) is 0.357. The molecule has 1 aromatic heterocycles. The van der Waals surface area contributed by atoms with Crippen LogP contribution in [-0.4, -0.2) is 26.6 Å². The first kappa shape index (κ1) is 14.7. The van der Waals surface area contributed by atoms with Crippen molar-refractivity contribution in [3.8, 4) is 11.3 Å². The van der Waals surface area contributed by atoms with Crippen molar-refractivity contribution < 1.29 is 9.53 Å². The van der Waals surface area contributed by atoms with E-state index >= 15 is 0 Å². The summed E-state index contributed by atoms with van der Waals surface area (Å²) in [6.07, 6.45) is 1.73. The zero-order valence-corrected chi connectivity index (χ0v) is 13.2. The van der Waals surface area contributed by atoms with E-state index in [-0.39, 0.29) is 12.5 Å². The van der Waals surface area contributed by atoms with E-state index in [0.717, 1.165) is 15.7 Å². The molecule has 0 N–H and O–H groups in total. The minimum Gasteiger partial charge on any atom is -0.459 e. The van der Waals surface area contributed by atoms with Gasteiger partial charge in [0.2, 0.25) is 0 Å². The van der Waals surface area contributed by atoms with Gasteiger partial charge in [-0.05, 0) is 32.9 Å². The lowest BCUT2D eigenvalue weighted by molar-refractivity contribution is -0.155. The van der Waals surface area contributed by atoms with Crippen LogP contribution in [0, 0.1) is 0 Å². The number of carbonyl (C=O) groups is 1. The third-order valence-corrected chi connectivity index (χ3v) is 2.92. The second-order valence-electron chi connectivity index (χ2n) is 5.39. The average molecular weight is 338 g/mol. The predicted octanol–water partition coefficient (Wildman–Crippen LogP) is 3.05. The van der Waals surface area contributed by atoms with Crippen molar-refractivity contribution in [3.63, 3.8) is 0 Å². The van der Waals surface area contributed by atoms with E-state index < -0.39 is 5.60 Å². The Morgan fingerprint density at radius 1 is 1.30 bits per heavy atom. The zero-order chi connectivity index (χ0) is 14.8. The summed E-state index contributed by atoms with van der Waals surface area (Å²) in [6, 6.07) is 7.74. The number of hydrogen-bond donors (Lipinski definition) is 0. The molecule has 1 heterocycles. The van der Waals surface area contributed by atoms with Crippen molar-refractivity contribution in [1.29, 1.82) is 0 Å². The summed E-state index contributed by atoms with van der Waals surface area (Å²) >= 11 is 3.38. The maximum Gasteiger partial charge on any atom is 0.328 e. The SMILES string of the molecule is CC(C)(C)OC(=O)Cn1cc(-c2ccc(Br)cc2)nn1. The molecule has 0 aliphatic carbocycles. The number of benzene rings is 1. The maximum absolute atomic E-state index is 11.7. The quantitative estimate of drug-likeness (QED) is 0.807. The molecule has 0 spiro atoms. The number of carbonyl (C=O) groups excluding carboxylic acids is 1. The molecule has 0 aliphatic rings. The zero-order valence-electron chi connectivity index (χ0n) is 11.6. The van der Waals surface area contributed by atoms with Crippen LogP contribution in [0.1, 0.15) is 20.8 Å². The minimum absolute atomic E-state index is 0.0563. The van der Waals surface area contributed by atoms with Crippen LogP contribution in [0.3, 0.4) is 0 Å². The van der Waals surface area contributed by atoms with E-state index in [1.165, 1.54) is 4.68 Å². The molecule has 0 saturated carbocycles. The molecule has 0 saturated heterocycles. The lowest BCUT2D eigenvalue weighted by Crippen LogP contribution is -2.26. The number of nitrogens with zero attached hydrogens (tertiary/aromatic N) is 3. The van der Waals surface area contributed by atoms with Crippen LogP contribution in [0.15, 0.2) is 34.9 Å². The number of rotatable bonds is 3. The summed E-state index contributed by atoms with van der Waals surface area (Å²) < 4.78 is 7.72. The summed E-state index contributed by atoms with van der Waals surface area (Å²) in [5.41, 5.74) is 1.18. The standard InChI is InChI=1S/C14H16BrN3O2/c1-14(2,3)20-13(19)9-18-8-12(16-17-18)10-4-6-11(15)7-5-10/h4-8H,9H2,1-3H3. The Hall–Kier alpha value is -1.69. The maximum atomic E-state index is 11.7. The Balaban J connectivity index is 2.06. The molecule has 1 aromatic carbocycles. The summed E-state index contributed by atoms with van der Waals surface area (Å²) in [7, 11) is 0. The molecule has 0 unspecified atom stereocenters. The van der Waals surface area contributed by atoms with Gasteiger partial charge >= 0.3 is 5.97 Å². The average Bonchev–Trinajstić information content (AvgIpc) is 2.75. The Bertz CT molecular complexity index is 600. The second kappa shape index (κ2) is 5.75. The van der Waals surface area contributed by atoms with E-state index in [9.17, 15) is 4.79 Å². The Morgan fingerprint density at radius 2 is 1.95 bits per heavy atom. The van der Waals surface area contributed by atoms with Crippen molar-refractivity contribution in [2.75, 3.05) is 0 Å². The van der Waals surface area contributed by atoms with Gasteiger partial charge in [0.1, 0.15) is 17.8 Å². The van der Waals surface area contributed by atoms with E-state index in [1.54, 1.807) is 6.20 Å². The number of halogens is 1. The topological polar surface area (TPSA) is 57.0 Å². The van der Waals surface area contributed by atoms with E-state index in [2.05, 4.69) is 26.2 Å². The first-order valence-electron chi connectivity index (χ1n) is 6.21. The van der Waals surface area contributed by atoms with Crippen molar-refractivity contribution in [2.24, 2.45) is 0 Å². The molecule has 5 nitrogen and oxygen atoms in total. The Morgan fingerprint density at radius 3 is 2.55 bits per heavy atom. The van der Waals surface area contributed by atoms with Crippen LogP contribution in [0.5, 0.6) is 0 Å². The fourth-order valence-electron chi connectivity index (χ4n) is 1.63. The molecule has 0 bridgehead atoms. The molecular weight excluding hydrogens is 322 g/mol. The molecule has 6 heteroatoms. The van der Waals surface area contributed by atoms with Crippen LogP contribution in [0.25, 0.3) is 11.3 Å². The van der Waals surface area contributed by atoms with Gasteiger partial charge in [0.05, 0.1) is 6.20 Å². The van der Waals surface area contributed by atoms with Crippen LogP contribution >= 0.6 is 15.9 Å². The molecule has 0 amide bonds. The molecule has 2 rings (SSSR count). The van der Waals surface area contributed by atoms with Crippen molar-refractivity contribution in [2.45, 2.75) is 32.9 Å². The molecule has 2 aromatic rings. The molecule has 0 aliphatic heterocycles. The minimum atomic E-state index is -0.494. The molecule has 0 fully saturated rings. The number of esters is 1. The lowest BCUT2D eigenvalue weighted by Gasteiger charge is -2.19. The van der Waals surface area contributed by atoms with E-state index in [0.29, 0.717) is 0 Å². The Kier molecular flexibility index (Phi) is 4.23. The van der Waals surface area contributed by atoms with Gasteiger partial charge < -0.3 is 4.74 Å². The van der Waals surface area contributed by atoms with E-state index in [1.807, 2.05) is 45.0 Å². The number of aromatic nitrogens is 3. The highest BCUT2D eigenvalue weighted by atomic mass is 79.9. The van der Waals surface area contributed by atoms with Gasteiger partial charge in [-0.3, -0.25) is 4.79 Å². The summed E-state index contributed by atoms with van der Waals surface area (Å²) in [4.78, 5) is 11.7. The molecule has 0 atom stereocenters. The molecular formula is C14H16BrN3O2. The number of hydrogen-bond acceptors (Lipinski definition) is 4. The highest BCUT2D eigenvalue weighted by molar-refractivity contribution is 9.10. The van der Waals surface area contributed by atoms with Crippen LogP contribution in [0.4, 0.5) is 0 Å². The summed E-state index contributed by atoms with van der Waals surface area (Å²) in [5, 5.41) is 7.99. The summed E-state index contributed by atoms with van der Waals surface area (Å²) in [5.74, 6) is -0.329. The van der Waals surface area contributed by atoms with Crippen LogP contribution < -0.4 is 0 Å². The molecule has 0 radical (unpaired) electrons. The van der Waals surface area contributed by atoms with Gasteiger partial charge in [0.15, 0.2) is 0 Å². The van der Waals surface area contributed by atoms with Crippen molar-refractivity contribution >= 4 is 21.9 Å². The van der Waals surface area contributed by atoms with Crippen LogP contribution in [0.2, 0.25) is 0 Å². The highest BCUT2D eigenvalue weighted by Gasteiger charge is 2.17. The van der Waals surface area contributed by atoms with Gasteiger partial charge in [-0.1, -0.05) is 33.3 Å². The molecule has 106 valence electrons. The van der Waals surface area contributed by atoms with Crippen molar-refractivity contribution in [1.82, 2.24) is 15.0 Å².